The highest BCUT2D eigenvalue weighted by Crippen LogP contribution is 2.32. The highest BCUT2D eigenvalue weighted by Gasteiger charge is 2.20. The summed E-state index contributed by atoms with van der Waals surface area (Å²) in [5.41, 5.74) is 6.87. The van der Waals surface area contributed by atoms with Crippen LogP contribution in [-0.4, -0.2) is 17.7 Å². The van der Waals surface area contributed by atoms with Gasteiger partial charge in [-0.05, 0) is 12.1 Å². The van der Waals surface area contributed by atoms with Gasteiger partial charge in [0.25, 0.3) is 0 Å². The molecule has 14 heavy (non-hydrogen) atoms. The third-order valence-electron chi connectivity index (χ3n) is 2.80. The SMILES string of the molecule is NCC1COc2cccc3ccn1c23. The van der Waals surface area contributed by atoms with Crippen LogP contribution in [0.1, 0.15) is 6.04 Å². The Hall–Kier alpha value is -1.48. The van der Waals surface area contributed by atoms with Crippen LogP contribution < -0.4 is 10.5 Å². The molecule has 72 valence electrons. The standard InChI is InChI=1S/C11H12N2O/c12-6-9-7-14-10-3-1-2-8-4-5-13(9)11(8)10/h1-5,9H,6-7,12H2. The number of ether oxygens (including phenoxy) is 1. The zero-order chi connectivity index (χ0) is 9.54. The normalized spacial score (nSPS) is 19.6. The predicted octanol–water partition coefficient (Wildman–Crippen LogP) is 1.53. The molecule has 2 heterocycles. The average molecular weight is 188 g/mol. The Labute approximate surface area is 82.1 Å². The summed E-state index contributed by atoms with van der Waals surface area (Å²) in [7, 11) is 0. The summed E-state index contributed by atoms with van der Waals surface area (Å²) in [5, 5.41) is 1.22. The van der Waals surface area contributed by atoms with Gasteiger partial charge in [0, 0.05) is 18.1 Å². The van der Waals surface area contributed by atoms with Crippen LogP contribution >= 0.6 is 0 Å². The van der Waals surface area contributed by atoms with E-state index in [9.17, 15) is 0 Å². The number of hydrogen-bond acceptors (Lipinski definition) is 2. The van der Waals surface area contributed by atoms with E-state index in [2.05, 4.69) is 22.9 Å². The maximum Gasteiger partial charge on any atom is 0.143 e. The number of nitrogens with two attached hydrogens (primary N) is 1. The van der Waals surface area contributed by atoms with Crippen molar-refractivity contribution in [2.24, 2.45) is 5.73 Å². The molecule has 2 N–H and O–H groups in total. The van der Waals surface area contributed by atoms with Gasteiger partial charge in [0.05, 0.1) is 11.6 Å². The van der Waals surface area contributed by atoms with Gasteiger partial charge < -0.3 is 15.0 Å². The summed E-state index contributed by atoms with van der Waals surface area (Å²) in [6, 6.07) is 8.51. The Balaban J connectivity index is 2.33. The number of aromatic nitrogens is 1. The Bertz CT molecular complexity index is 475. The van der Waals surface area contributed by atoms with Gasteiger partial charge in [-0.15, -0.1) is 0 Å². The van der Waals surface area contributed by atoms with Crippen LogP contribution in [0.4, 0.5) is 0 Å². The second kappa shape index (κ2) is 2.75. The zero-order valence-electron chi connectivity index (χ0n) is 7.81. The molecule has 0 radical (unpaired) electrons. The fourth-order valence-corrected chi connectivity index (χ4v) is 2.05. The first kappa shape index (κ1) is 7.88. The summed E-state index contributed by atoms with van der Waals surface area (Å²) in [4.78, 5) is 0. The van der Waals surface area contributed by atoms with Crippen molar-refractivity contribution in [3.63, 3.8) is 0 Å². The highest BCUT2D eigenvalue weighted by atomic mass is 16.5. The molecule has 1 aliphatic heterocycles. The Morgan fingerprint density at radius 2 is 2.36 bits per heavy atom. The van der Waals surface area contributed by atoms with E-state index in [1.54, 1.807) is 0 Å². The molecule has 0 bridgehead atoms. The quantitative estimate of drug-likeness (QED) is 0.737. The van der Waals surface area contributed by atoms with E-state index < -0.39 is 0 Å². The Kier molecular flexibility index (Phi) is 1.55. The minimum atomic E-state index is 0.280. The van der Waals surface area contributed by atoms with E-state index >= 15 is 0 Å². The lowest BCUT2D eigenvalue weighted by Crippen LogP contribution is -2.27. The first-order valence-corrected chi connectivity index (χ1v) is 4.82. The smallest absolute Gasteiger partial charge is 0.143 e. The molecule has 2 aromatic rings. The lowest BCUT2D eigenvalue weighted by molar-refractivity contribution is 0.241. The minimum absolute atomic E-state index is 0.280. The van der Waals surface area contributed by atoms with Crippen molar-refractivity contribution in [3.05, 3.63) is 30.5 Å². The number of hydrogen-bond donors (Lipinski definition) is 1. The van der Waals surface area contributed by atoms with Gasteiger partial charge in [0.1, 0.15) is 12.4 Å². The lowest BCUT2D eigenvalue weighted by Gasteiger charge is -2.25. The summed E-state index contributed by atoms with van der Waals surface area (Å²) >= 11 is 0. The third kappa shape index (κ3) is 0.902. The second-order valence-corrected chi connectivity index (χ2v) is 3.62. The van der Waals surface area contributed by atoms with Crippen LogP contribution in [0.3, 0.4) is 0 Å². The monoisotopic (exact) mass is 188 g/mol. The van der Waals surface area contributed by atoms with Crippen LogP contribution in [0.15, 0.2) is 30.5 Å². The van der Waals surface area contributed by atoms with Gasteiger partial charge in [-0.1, -0.05) is 12.1 Å². The van der Waals surface area contributed by atoms with E-state index in [1.807, 2.05) is 12.1 Å². The molecule has 0 saturated carbocycles. The summed E-state index contributed by atoms with van der Waals surface area (Å²) in [6.45, 7) is 1.30. The van der Waals surface area contributed by atoms with E-state index in [0.717, 1.165) is 5.75 Å². The van der Waals surface area contributed by atoms with Gasteiger partial charge in [0.2, 0.25) is 0 Å². The molecule has 0 aliphatic carbocycles. The van der Waals surface area contributed by atoms with Crippen molar-refractivity contribution in [3.8, 4) is 5.75 Å². The molecular formula is C11H12N2O. The first-order chi connectivity index (χ1) is 6.90. The van der Waals surface area contributed by atoms with Crippen LogP contribution in [-0.2, 0) is 0 Å². The van der Waals surface area contributed by atoms with Crippen molar-refractivity contribution < 1.29 is 4.74 Å². The molecule has 1 atom stereocenters. The average Bonchev–Trinajstić information content (AvgIpc) is 2.66. The molecular weight excluding hydrogens is 176 g/mol. The van der Waals surface area contributed by atoms with Crippen molar-refractivity contribution in [2.45, 2.75) is 6.04 Å². The molecule has 3 rings (SSSR count). The largest absolute Gasteiger partial charge is 0.489 e. The Morgan fingerprint density at radius 1 is 1.43 bits per heavy atom. The van der Waals surface area contributed by atoms with E-state index in [-0.39, 0.29) is 6.04 Å². The molecule has 1 aromatic heterocycles. The highest BCUT2D eigenvalue weighted by molar-refractivity contribution is 5.86. The minimum Gasteiger partial charge on any atom is -0.489 e. The number of benzene rings is 1. The lowest BCUT2D eigenvalue weighted by atomic mass is 10.2. The third-order valence-corrected chi connectivity index (χ3v) is 2.80. The van der Waals surface area contributed by atoms with E-state index in [4.69, 9.17) is 10.5 Å². The molecule has 0 amide bonds. The molecule has 1 aliphatic rings. The number of rotatable bonds is 1. The van der Waals surface area contributed by atoms with E-state index in [1.165, 1.54) is 10.9 Å². The maximum atomic E-state index is 5.69. The molecule has 1 aromatic carbocycles. The van der Waals surface area contributed by atoms with Gasteiger partial charge in [-0.3, -0.25) is 0 Å². The molecule has 0 spiro atoms. The van der Waals surface area contributed by atoms with Crippen LogP contribution in [0.5, 0.6) is 5.75 Å². The molecule has 3 heteroatoms. The summed E-state index contributed by atoms with van der Waals surface area (Å²) in [5.74, 6) is 0.970. The van der Waals surface area contributed by atoms with Crippen molar-refractivity contribution in [1.29, 1.82) is 0 Å². The zero-order valence-corrected chi connectivity index (χ0v) is 7.81. The molecule has 0 saturated heterocycles. The van der Waals surface area contributed by atoms with Gasteiger partial charge in [-0.2, -0.15) is 0 Å². The van der Waals surface area contributed by atoms with Crippen molar-refractivity contribution >= 4 is 10.9 Å². The topological polar surface area (TPSA) is 40.2 Å². The number of para-hydroxylation sites is 1. The van der Waals surface area contributed by atoms with E-state index in [0.29, 0.717) is 13.2 Å². The Morgan fingerprint density at radius 3 is 3.21 bits per heavy atom. The number of nitrogens with zero attached hydrogens (tertiary/aromatic N) is 1. The fraction of sp³-hybridized carbons (Fsp3) is 0.273. The van der Waals surface area contributed by atoms with Crippen LogP contribution in [0.2, 0.25) is 0 Å². The molecule has 3 nitrogen and oxygen atoms in total. The van der Waals surface area contributed by atoms with Crippen LogP contribution in [0.25, 0.3) is 10.9 Å². The molecule has 0 fully saturated rings. The van der Waals surface area contributed by atoms with Crippen molar-refractivity contribution in [2.75, 3.05) is 13.2 Å². The fourth-order valence-electron chi connectivity index (χ4n) is 2.05. The maximum absolute atomic E-state index is 5.69. The van der Waals surface area contributed by atoms with Gasteiger partial charge >= 0.3 is 0 Å². The summed E-state index contributed by atoms with van der Waals surface area (Å²) < 4.78 is 7.87. The van der Waals surface area contributed by atoms with Crippen LogP contribution in [0, 0.1) is 0 Å². The van der Waals surface area contributed by atoms with Crippen molar-refractivity contribution in [1.82, 2.24) is 4.57 Å². The molecule has 1 unspecified atom stereocenters. The summed E-state index contributed by atoms with van der Waals surface area (Å²) in [6.07, 6.45) is 2.09. The van der Waals surface area contributed by atoms with Gasteiger partial charge in [-0.25, -0.2) is 0 Å². The van der Waals surface area contributed by atoms with Gasteiger partial charge in [0.15, 0.2) is 0 Å². The second-order valence-electron chi connectivity index (χ2n) is 3.62. The first-order valence-electron chi connectivity index (χ1n) is 4.82. The predicted molar refractivity (Wildman–Crippen MR) is 55.5 cm³/mol.